The molecule has 1 nitrogen and oxygen atoms in total. The van der Waals surface area contributed by atoms with E-state index in [1.54, 1.807) is 0 Å². The molecule has 0 saturated carbocycles. The Morgan fingerprint density at radius 3 is 2.67 bits per heavy atom. The molecule has 3 heteroatoms. The fourth-order valence-corrected chi connectivity index (χ4v) is 2.73. The van der Waals surface area contributed by atoms with Crippen molar-refractivity contribution in [3.05, 3.63) is 44.9 Å². The third kappa shape index (κ3) is 4.87. The van der Waals surface area contributed by atoms with Crippen molar-refractivity contribution in [2.24, 2.45) is 0 Å². The topological polar surface area (TPSA) is 12.0 Å². The van der Waals surface area contributed by atoms with Gasteiger partial charge in [0.25, 0.3) is 0 Å². The summed E-state index contributed by atoms with van der Waals surface area (Å²) in [5, 5.41) is 3.61. The second-order valence-electron chi connectivity index (χ2n) is 4.48. The molecule has 1 unspecified atom stereocenters. The number of halogens is 2. The van der Waals surface area contributed by atoms with Crippen molar-refractivity contribution in [1.82, 2.24) is 5.32 Å². The van der Waals surface area contributed by atoms with Gasteiger partial charge in [-0.05, 0) is 49.6 Å². The van der Waals surface area contributed by atoms with Crippen LogP contribution in [0.5, 0.6) is 0 Å². The van der Waals surface area contributed by atoms with Crippen LogP contribution in [0.25, 0.3) is 0 Å². The highest BCUT2D eigenvalue weighted by Crippen LogP contribution is 2.30. The van der Waals surface area contributed by atoms with Crippen LogP contribution in [0.4, 0.5) is 0 Å². The van der Waals surface area contributed by atoms with E-state index in [4.69, 9.17) is 0 Å². The first-order chi connectivity index (χ1) is 8.58. The zero-order valence-electron chi connectivity index (χ0n) is 11.1. The van der Waals surface area contributed by atoms with E-state index in [0.717, 1.165) is 34.8 Å². The third-order valence-electron chi connectivity index (χ3n) is 2.97. The van der Waals surface area contributed by atoms with Crippen molar-refractivity contribution in [3.8, 4) is 0 Å². The Kier molecular flexibility index (Phi) is 7.20. The van der Waals surface area contributed by atoms with Gasteiger partial charge in [0.1, 0.15) is 0 Å². The van der Waals surface area contributed by atoms with E-state index >= 15 is 0 Å². The van der Waals surface area contributed by atoms with Gasteiger partial charge in [-0.2, -0.15) is 0 Å². The number of hydrogen-bond acceptors (Lipinski definition) is 1. The van der Waals surface area contributed by atoms with E-state index in [9.17, 15) is 0 Å². The first-order valence-electron chi connectivity index (χ1n) is 6.43. The molecule has 0 aromatic heterocycles. The van der Waals surface area contributed by atoms with Gasteiger partial charge >= 0.3 is 0 Å². The average molecular weight is 375 g/mol. The molecule has 0 saturated heterocycles. The van der Waals surface area contributed by atoms with Crippen LogP contribution in [-0.2, 0) is 0 Å². The lowest BCUT2D eigenvalue weighted by molar-refractivity contribution is 0.522. The van der Waals surface area contributed by atoms with Crippen molar-refractivity contribution in [1.29, 1.82) is 0 Å². The van der Waals surface area contributed by atoms with Crippen molar-refractivity contribution in [3.63, 3.8) is 0 Å². The van der Waals surface area contributed by atoms with Crippen molar-refractivity contribution >= 4 is 31.9 Å². The van der Waals surface area contributed by atoms with Crippen LogP contribution in [0.15, 0.2) is 39.3 Å². The standard InChI is InChI=1S/C15H21Br2N/c1-4-8-18-15(9-11(3)5-2)13-10-12(16)6-7-14(13)17/h6-7,10,15,18H,3-5,8-9H2,1-2H3. The maximum absolute atomic E-state index is 4.13. The predicted octanol–water partition coefficient (Wildman–Crippen LogP) is 5.61. The minimum atomic E-state index is 0.337. The van der Waals surface area contributed by atoms with Crippen molar-refractivity contribution in [2.75, 3.05) is 6.54 Å². The molecule has 0 aliphatic heterocycles. The van der Waals surface area contributed by atoms with Crippen LogP contribution in [0.3, 0.4) is 0 Å². The summed E-state index contributed by atoms with van der Waals surface area (Å²) in [5.41, 5.74) is 2.59. The van der Waals surface area contributed by atoms with E-state index < -0.39 is 0 Å². The predicted molar refractivity (Wildman–Crippen MR) is 86.9 cm³/mol. The molecule has 0 fully saturated rings. The van der Waals surface area contributed by atoms with Crippen LogP contribution in [0, 0.1) is 0 Å². The van der Waals surface area contributed by atoms with Gasteiger partial charge in [0.2, 0.25) is 0 Å². The molecule has 0 aliphatic carbocycles. The lowest BCUT2D eigenvalue weighted by atomic mass is 9.98. The van der Waals surface area contributed by atoms with Gasteiger partial charge in [-0.3, -0.25) is 0 Å². The highest BCUT2D eigenvalue weighted by Gasteiger charge is 2.15. The molecule has 1 aromatic rings. The van der Waals surface area contributed by atoms with Crippen LogP contribution < -0.4 is 5.32 Å². The van der Waals surface area contributed by atoms with E-state index in [1.807, 2.05) is 0 Å². The molecular formula is C15H21Br2N. The molecular weight excluding hydrogens is 354 g/mol. The molecule has 18 heavy (non-hydrogen) atoms. The van der Waals surface area contributed by atoms with Crippen LogP contribution >= 0.6 is 31.9 Å². The summed E-state index contributed by atoms with van der Waals surface area (Å²) < 4.78 is 2.27. The van der Waals surface area contributed by atoms with E-state index in [2.05, 4.69) is 75.8 Å². The molecule has 0 aliphatic rings. The summed E-state index contributed by atoms with van der Waals surface area (Å²) in [6.07, 6.45) is 3.17. The van der Waals surface area contributed by atoms with E-state index in [1.165, 1.54) is 11.1 Å². The molecule has 0 amide bonds. The smallest absolute Gasteiger partial charge is 0.0369 e. The molecule has 0 radical (unpaired) electrons. The monoisotopic (exact) mass is 373 g/mol. The van der Waals surface area contributed by atoms with E-state index in [-0.39, 0.29) is 0 Å². The van der Waals surface area contributed by atoms with Gasteiger partial charge < -0.3 is 5.32 Å². The summed E-state index contributed by atoms with van der Waals surface area (Å²) in [4.78, 5) is 0. The second kappa shape index (κ2) is 8.13. The number of nitrogens with one attached hydrogen (secondary N) is 1. The SMILES string of the molecule is C=C(CC)CC(NCCC)c1cc(Br)ccc1Br. The highest BCUT2D eigenvalue weighted by atomic mass is 79.9. The van der Waals surface area contributed by atoms with Gasteiger partial charge in [-0.1, -0.05) is 57.9 Å². The molecule has 100 valence electrons. The number of hydrogen-bond donors (Lipinski definition) is 1. The van der Waals surface area contributed by atoms with Crippen LogP contribution in [-0.4, -0.2) is 6.54 Å². The highest BCUT2D eigenvalue weighted by molar-refractivity contribution is 9.11. The summed E-state index contributed by atoms with van der Waals surface area (Å²) in [5.74, 6) is 0. The first kappa shape index (κ1) is 15.9. The van der Waals surface area contributed by atoms with Gasteiger partial charge in [0, 0.05) is 15.0 Å². The zero-order valence-corrected chi connectivity index (χ0v) is 14.3. The molecule has 0 spiro atoms. The maximum Gasteiger partial charge on any atom is 0.0369 e. The normalized spacial score (nSPS) is 12.4. The number of rotatable bonds is 7. The lowest BCUT2D eigenvalue weighted by Gasteiger charge is -2.21. The zero-order chi connectivity index (χ0) is 13.5. The van der Waals surface area contributed by atoms with Crippen molar-refractivity contribution in [2.45, 2.75) is 39.2 Å². The average Bonchev–Trinajstić information content (AvgIpc) is 2.37. The molecule has 1 atom stereocenters. The molecule has 1 aromatic carbocycles. The summed E-state index contributed by atoms with van der Waals surface area (Å²) in [6, 6.07) is 6.66. The third-order valence-corrected chi connectivity index (χ3v) is 4.18. The van der Waals surface area contributed by atoms with Gasteiger partial charge in [0.05, 0.1) is 0 Å². The molecule has 1 rings (SSSR count). The fraction of sp³-hybridized carbons (Fsp3) is 0.467. The van der Waals surface area contributed by atoms with Crippen molar-refractivity contribution < 1.29 is 0 Å². The van der Waals surface area contributed by atoms with E-state index in [0.29, 0.717) is 6.04 Å². The Bertz CT molecular complexity index is 401. The van der Waals surface area contributed by atoms with Crippen LogP contribution in [0.1, 0.15) is 44.7 Å². The second-order valence-corrected chi connectivity index (χ2v) is 6.25. The summed E-state index contributed by atoms with van der Waals surface area (Å²) >= 11 is 7.19. The summed E-state index contributed by atoms with van der Waals surface area (Å²) in [6.45, 7) is 9.51. The quantitative estimate of drug-likeness (QED) is 0.611. The van der Waals surface area contributed by atoms with Gasteiger partial charge in [-0.15, -0.1) is 0 Å². The Labute approximate surface area is 127 Å². The largest absolute Gasteiger partial charge is 0.310 e. The molecule has 0 bridgehead atoms. The minimum absolute atomic E-state index is 0.337. The lowest BCUT2D eigenvalue weighted by Crippen LogP contribution is -2.23. The minimum Gasteiger partial charge on any atom is -0.310 e. The number of benzene rings is 1. The molecule has 0 heterocycles. The Morgan fingerprint density at radius 1 is 1.33 bits per heavy atom. The Morgan fingerprint density at radius 2 is 2.06 bits per heavy atom. The Hall–Kier alpha value is -0.120. The maximum atomic E-state index is 4.13. The van der Waals surface area contributed by atoms with Gasteiger partial charge in [-0.25, -0.2) is 0 Å². The first-order valence-corrected chi connectivity index (χ1v) is 8.02. The summed E-state index contributed by atoms with van der Waals surface area (Å²) in [7, 11) is 0. The molecule has 1 N–H and O–H groups in total. The van der Waals surface area contributed by atoms with Crippen LogP contribution in [0.2, 0.25) is 0 Å². The van der Waals surface area contributed by atoms with Gasteiger partial charge in [0.15, 0.2) is 0 Å². The Balaban J connectivity index is 2.92. The fourth-order valence-electron chi connectivity index (χ4n) is 1.83.